The second kappa shape index (κ2) is 11.1. The van der Waals surface area contributed by atoms with Crippen molar-refractivity contribution < 1.29 is 14.3 Å². The summed E-state index contributed by atoms with van der Waals surface area (Å²) in [6.45, 7) is 6.31. The van der Waals surface area contributed by atoms with Gasteiger partial charge in [0, 0.05) is 6.04 Å². The molecular weight excluding hydrogens is 438 g/mol. The predicted octanol–water partition coefficient (Wildman–Crippen LogP) is 4.21. The number of methoxy groups -OCH3 is 1. The number of fused-ring (bicyclic) bond motifs is 1. The zero-order valence-corrected chi connectivity index (χ0v) is 20.1. The van der Waals surface area contributed by atoms with Crippen LogP contribution in [0.15, 0.2) is 58.5 Å². The molecule has 0 spiro atoms. The summed E-state index contributed by atoms with van der Waals surface area (Å²) in [5.74, 6) is 0.0761. The van der Waals surface area contributed by atoms with Gasteiger partial charge in [0.05, 0.1) is 35.0 Å². The SMILES string of the molecule is COC(=O)c1ccc2c(=O)n(-c3ccccc3)c(SCC(=O)N[C@H](C)CCC(C)C)nc2c1. The van der Waals surface area contributed by atoms with Crippen molar-refractivity contribution in [2.24, 2.45) is 5.92 Å². The second-order valence-corrected chi connectivity index (χ2v) is 9.26. The van der Waals surface area contributed by atoms with Crippen molar-refractivity contribution in [1.29, 1.82) is 0 Å². The van der Waals surface area contributed by atoms with Crippen LogP contribution in [0.2, 0.25) is 0 Å². The number of nitrogens with zero attached hydrogens (tertiary/aromatic N) is 2. The Labute approximate surface area is 197 Å². The van der Waals surface area contributed by atoms with E-state index in [-0.39, 0.29) is 23.3 Å². The Balaban J connectivity index is 1.93. The number of carbonyl (C=O) groups is 2. The van der Waals surface area contributed by atoms with Gasteiger partial charge in [-0.3, -0.25) is 14.2 Å². The van der Waals surface area contributed by atoms with Crippen molar-refractivity contribution in [2.45, 2.75) is 44.8 Å². The lowest BCUT2D eigenvalue weighted by atomic mass is 10.0. The molecule has 2 aromatic carbocycles. The second-order valence-electron chi connectivity index (χ2n) is 8.32. The molecule has 0 aliphatic rings. The first-order valence-corrected chi connectivity index (χ1v) is 11.9. The minimum Gasteiger partial charge on any atom is -0.465 e. The van der Waals surface area contributed by atoms with Gasteiger partial charge in [-0.05, 0) is 56.0 Å². The van der Waals surface area contributed by atoms with E-state index in [4.69, 9.17) is 4.74 Å². The van der Waals surface area contributed by atoms with Crippen LogP contribution in [0.1, 0.15) is 44.0 Å². The van der Waals surface area contributed by atoms with E-state index in [1.54, 1.807) is 12.1 Å². The molecule has 0 saturated heterocycles. The minimum atomic E-state index is -0.505. The molecule has 8 heteroatoms. The minimum absolute atomic E-state index is 0.0731. The van der Waals surface area contributed by atoms with Crippen LogP contribution in [0.5, 0.6) is 0 Å². The summed E-state index contributed by atoms with van der Waals surface area (Å²) in [6, 6.07) is 13.9. The number of amides is 1. The van der Waals surface area contributed by atoms with E-state index < -0.39 is 5.97 Å². The predicted molar refractivity (Wildman–Crippen MR) is 131 cm³/mol. The number of ether oxygens (including phenoxy) is 1. The number of thioether (sulfide) groups is 1. The zero-order chi connectivity index (χ0) is 24.0. The number of nitrogens with one attached hydrogen (secondary N) is 1. The normalized spacial score (nSPS) is 12.0. The van der Waals surface area contributed by atoms with E-state index in [9.17, 15) is 14.4 Å². The van der Waals surface area contributed by atoms with Gasteiger partial charge >= 0.3 is 5.97 Å². The van der Waals surface area contributed by atoms with Crippen molar-refractivity contribution in [1.82, 2.24) is 14.9 Å². The first kappa shape index (κ1) is 24.5. The molecular formula is C25H29N3O4S. The summed E-state index contributed by atoms with van der Waals surface area (Å²) in [5, 5.41) is 3.77. The molecule has 1 amide bonds. The zero-order valence-electron chi connectivity index (χ0n) is 19.3. The molecule has 1 heterocycles. The average Bonchev–Trinajstić information content (AvgIpc) is 2.81. The lowest BCUT2D eigenvalue weighted by molar-refractivity contribution is -0.119. The van der Waals surface area contributed by atoms with Crippen molar-refractivity contribution >= 4 is 34.5 Å². The average molecular weight is 468 g/mol. The van der Waals surface area contributed by atoms with Crippen LogP contribution < -0.4 is 10.9 Å². The van der Waals surface area contributed by atoms with Crippen LogP contribution in [0, 0.1) is 5.92 Å². The molecule has 0 bridgehead atoms. The maximum absolute atomic E-state index is 13.4. The van der Waals surface area contributed by atoms with Crippen molar-refractivity contribution in [3.63, 3.8) is 0 Å². The molecule has 33 heavy (non-hydrogen) atoms. The maximum atomic E-state index is 13.4. The molecule has 7 nitrogen and oxygen atoms in total. The van der Waals surface area contributed by atoms with Crippen molar-refractivity contribution in [2.75, 3.05) is 12.9 Å². The van der Waals surface area contributed by atoms with Crippen LogP contribution in [-0.2, 0) is 9.53 Å². The third-order valence-electron chi connectivity index (χ3n) is 5.19. The summed E-state index contributed by atoms with van der Waals surface area (Å²) < 4.78 is 6.28. The van der Waals surface area contributed by atoms with Crippen molar-refractivity contribution in [3.8, 4) is 5.69 Å². The van der Waals surface area contributed by atoms with E-state index in [2.05, 4.69) is 24.1 Å². The highest BCUT2D eigenvalue weighted by molar-refractivity contribution is 7.99. The van der Waals surface area contributed by atoms with Gasteiger partial charge in [-0.15, -0.1) is 0 Å². The summed E-state index contributed by atoms with van der Waals surface area (Å²) in [6.07, 6.45) is 1.95. The Morgan fingerprint density at radius 3 is 2.48 bits per heavy atom. The number of carbonyl (C=O) groups excluding carboxylic acids is 2. The molecule has 3 aromatic rings. The third-order valence-corrected chi connectivity index (χ3v) is 6.13. The quantitative estimate of drug-likeness (QED) is 0.288. The number of hydrogen-bond acceptors (Lipinski definition) is 6. The highest BCUT2D eigenvalue weighted by Gasteiger charge is 2.17. The number of esters is 1. The summed E-state index contributed by atoms with van der Waals surface area (Å²) in [4.78, 5) is 42.5. The first-order chi connectivity index (χ1) is 15.8. The Morgan fingerprint density at radius 2 is 1.82 bits per heavy atom. The topological polar surface area (TPSA) is 90.3 Å². The molecule has 0 aliphatic carbocycles. The number of aromatic nitrogens is 2. The highest BCUT2D eigenvalue weighted by Crippen LogP contribution is 2.22. The Kier molecular flexibility index (Phi) is 8.27. The smallest absolute Gasteiger partial charge is 0.337 e. The van der Waals surface area contributed by atoms with Crippen LogP contribution in [0.3, 0.4) is 0 Å². The fraction of sp³-hybridized carbons (Fsp3) is 0.360. The molecule has 0 saturated carbocycles. The number of hydrogen-bond donors (Lipinski definition) is 1. The Hall–Kier alpha value is -3.13. The van der Waals surface area contributed by atoms with Crippen LogP contribution in [0.25, 0.3) is 16.6 Å². The molecule has 0 aliphatic heterocycles. The van der Waals surface area contributed by atoms with E-state index in [1.807, 2.05) is 37.3 Å². The van der Waals surface area contributed by atoms with Gasteiger partial charge in [0.1, 0.15) is 0 Å². The van der Waals surface area contributed by atoms with E-state index in [0.717, 1.165) is 12.8 Å². The molecule has 0 fully saturated rings. The van der Waals surface area contributed by atoms with E-state index in [1.165, 1.54) is 29.5 Å². The third kappa shape index (κ3) is 6.22. The molecule has 1 N–H and O–H groups in total. The van der Waals surface area contributed by atoms with Gasteiger partial charge in [-0.2, -0.15) is 0 Å². The van der Waals surface area contributed by atoms with Gasteiger partial charge < -0.3 is 10.1 Å². The number of rotatable bonds is 9. The van der Waals surface area contributed by atoms with Gasteiger partial charge in [0.15, 0.2) is 5.16 Å². The Bertz CT molecular complexity index is 1190. The van der Waals surface area contributed by atoms with Gasteiger partial charge in [-0.25, -0.2) is 9.78 Å². The summed E-state index contributed by atoms with van der Waals surface area (Å²) in [5.41, 5.74) is 1.07. The molecule has 3 rings (SSSR count). The maximum Gasteiger partial charge on any atom is 0.337 e. The highest BCUT2D eigenvalue weighted by atomic mass is 32.2. The summed E-state index contributed by atoms with van der Waals surface area (Å²) in [7, 11) is 1.30. The standard InChI is InChI=1S/C25H29N3O4S/c1-16(2)10-11-17(3)26-22(29)15-33-25-27-21-14-18(24(31)32-4)12-13-20(21)23(30)28(25)19-8-6-5-7-9-19/h5-9,12-14,16-17H,10-11,15H2,1-4H3,(H,26,29)/t17-/m1/s1. The van der Waals surface area contributed by atoms with E-state index in [0.29, 0.717) is 33.2 Å². The molecule has 174 valence electrons. The first-order valence-electron chi connectivity index (χ1n) is 10.9. The molecule has 1 atom stereocenters. The molecule has 0 unspecified atom stereocenters. The lowest BCUT2D eigenvalue weighted by Crippen LogP contribution is -2.34. The van der Waals surface area contributed by atoms with Crippen LogP contribution in [-0.4, -0.2) is 40.3 Å². The fourth-order valence-electron chi connectivity index (χ4n) is 3.41. The van der Waals surface area contributed by atoms with Crippen LogP contribution >= 0.6 is 11.8 Å². The number of para-hydroxylation sites is 1. The van der Waals surface area contributed by atoms with Gasteiger partial charge in [-0.1, -0.05) is 43.8 Å². The van der Waals surface area contributed by atoms with Gasteiger partial charge in [0.25, 0.3) is 5.56 Å². The largest absolute Gasteiger partial charge is 0.465 e. The van der Waals surface area contributed by atoms with E-state index >= 15 is 0 Å². The van der Waals surface area contributed by atoms with Gasteiger partial charge in [0.2, 0.25) is 5.91 Å². The van der Waals surface area contributed by atoms with Crippen LogP contribution in [0.4, 0.5) is 0 Å². The summed E-state index contributed by atoms with van der Waals surface area (Å²) >= 11 is 1.19. The fourth-order valence-corrected chi connectivity index (χ4v) is 4.24. The lowest BCUT2D eigenvalue weighted by Gasteiger charge is -2.16. The number of benzene rings is 2. The monoisotopic (exact) mass is 467 g/mol. The Morgan fingerprint density at radius 1 is 1.09 bits per heavy atom. The molecule has 0 radical (unpaired) electrons. The molecule has 1 aromatic heterocycles. The van der Waals surface area contributed by atoms with Crippen molar-refractivity contribution in [3.05, 3.63) is 64.4 Å².